The van der Waals surface area contributed by atoms with Crippen LogP contribution in [0, 0.1) is 11.3 Å². The molecule has 3 N–H and O–H groups in total. The van der Waals surface area contributed by atoms with Crippen LogP contribution >= 0.6 is 0 Å². The lowest BCUT2D eigenvalue weighted by Gasteiger charge is -2.08. The van der Waals surface area contributed by atoms with Crippen LogP contribution in [-0.2, 0) is 14.8 Å². The molecule has 1 aromatic rings. The van der Waals surface area contributed by atoms with Crippen molar-refractivity contribution >= 4 is 16.0 Å². The molecule has 0 fully saturated rings. The minimum absolute atomic E-state index is 0.0551. The number of hydrogen-bond acceptors (Lipinski definition) is 6. The molecule has 0 amide bonds. The zero-order valence-electron chi connectivity index (χ0n) is 8.94. The maximum absolute atomic E-state index is 11.6. The van der Waals surface area contributed by atoms with Crippen LogP contribution in [0.15, 0.2) is 23.2 Å². The minimum atomic E-state index is -3.96. The lowest BCUT2D eigenvalue weighted by molar-refractivity contribution is -0.146. The standard InChI is InChI=1S/C9H9N3O5S/c10-3-6-1-2-7(4-11-6)18(16,17)12-5-8(13)9(14)15/h1-2,4,8,12-13H,5H2,(H,14,15)/t8-/m0/s1. The molecule has 0 aromatic carbocycles. The van der Waals surface area contributed by atoms with E-state index in [0.29, 0.717) is 0 Å². The first-order chi connectivity index (χ1) is 8.36. The second kappa shape index (κ2) is 5.54. The number of rotatable bonds is 5. The van der Waals surface area contributed by atoms with Gasteiger partial charge >= 0.3 is 5.97 Å². The predicted octanol–water partition coefficient (Wildman–Crippen LogP) is -1.32. The molecule has 1 atom stereocenters. The van der Waals surface area contributed by atoms with E-state index in [1.165, 1.54) is 6.07 Å². The van der Waals surface area contributed by atoms with Gasteiger partial charge in [-0.2, -0.15) is 5.26 Å². The van der Waals surface area contributed by atoms with Crippen molar-refractivity contribution in [2.45, 2.75) is 11.0 Å². The molecule has 0 spiro atoms. The number of sulfonamides is 1. The number of aromatic nitrogens is 1. The molecule has 0 bridgehead atoms. The first kappa shape index (κ1) is 14.0. The topological polar surface area (TPSA) is 140 Å². The number of carboxylic acids is 1. The van der Waals surface area contributed by atoms with E-state index in [1.807, 2.05) is 4.72 Å². The van der Waals surface area contributed by atoms with Crippen LogP contribution in [0.1, 0.15) is 5.69 Å². The van der Waals surface area contributed by atoms with E-state index in [1.54, 1.807) is 6.07 Å². The van der Waals surface area contributed by atoms with Gasteiger partial charge in [-0.05, 0) is 12.1 Å². The van der Waals surface area contributed by atoms with Gasteiger partial charge in [0.25, 0.3) is 0 Å². The predicted molar refractivity (Wildman–Crippen MR) is 57.8 cm³/mol. The monoisotopic (exact) mass is 271 g/mol. The lowest BCUT2D eigenvalue weighted by atomic mass is 10.4. The number of aliphatic carboxylic acids is 1. The number of nitrogens with zero attached hydrogens (tertiary/aromatic N) is 2. The lowest BCUT2D eigenvalue weighted by Crippen LogP contribution is -2.36. The number of hydrogen-bond donors (Lipinski definition) is 3. The maximum Gasteiger partial charge on any atom is 0.333 e. The van der Waals surface area contributed by atoms with E-state index in [4.69, 9.17) is 15.5 Å². The Labute approximate surface area is 103 Å². The first-order valence-electron chi connectivity index (χ1n) is 4.63. The quantitative estimate of drug-likeness (QED) is 0.603. The van der Waals surface area contributed by atoms with E-state index in [9.17, 15) is 13.2 Å². The highest BCUT2D eigenvalue weighted by molar-refractivity contribution is 7.89. The molecule has 0 saturated heterocycles. The Hall–Kier alpha value is -2.02. The van der Waals surface area contributed by atoms with Crippen LogP contribution in [-0.4, -0.2) is 42.2 Å². The van der Waals surface area contributed by atoms with Gasteiger partial charge in [-0.25, -0.2) is 22.9 Å². The Morgan fingerprint density at radius 2 is 2.22 bits per heavy atom. The molecule has 0 unspecified atom stereocenters. The number of carbonyl (C=O) groups is 1. The van der Waals surface area contributed by atoms with Gasteiger partial charge in [-0.1, -0.05) is 0 Å². The van der Waals surface area contributed by atoms with Crippen molar-refractivity contribution < 1.29 is 23.4 Å². The van der Waals surface area contributed by atoms with Crippen molar-refractivity contribution in [3.05, 3.63) is 24.0 Å². The van der Waals surface area contributed by atoms with Crippen molar-refractivity contribution in [2.24, 2.45) is 0 Å². The van der Waals surface area contributed by atoms with Crippen LogP contribution in [0.2, 0.25) is 0 Å². The van der Waals surface area contributed by atoms with Gasteiger partial charge in [0.05, 0.1) is 0 Å². The zero-order valence-corrected chi connectivity index (χ0v) is 9.75. The van der Waals surface area contributed by atoms with E-state index in [2.05, 4.69) is 4.98 Å². The molecular weight excluding hydrogens is 262 g/mol. The highest BCUT2D eigenvalue weighted by atomic mass is 32.2. The second-order valence-corrected chi connectivity index (χ2v) is 4.96. The molecule has 9 heteroatoms. The molecular formula is C9H9N3O5S. The first-order valence-corrected chi connectivity index (χ1v) is 6.12. The summed E-state index contributed by atoms with van der Waals surface area (Å²) in [6.45, 7) is -0.655. The van der Waals surface area contributed by atoms with Crippen LogP contribution in [0.4, 0.5) is 0 Å². The molecule has 0 aliphatic heterocycles. The van der Waals surface area contributed by atoms with Gasteiger partial charge in [-0.3, -0.25) is 0 Å². The smallest absolute Gasteiger partial charge is 0.333 e. The number of nitrogens with one attached hydrogen (secondary N) is 1. The fourth-order valence-corrected chi connectivity index (χ4v) is 1.95. The number of pyridine rings is 1. The third-order valence-corrected chi connectivity index (χ3v) is 3.32. The molecule has 1 heterocycles. The van der Waals surface area contributed by atoms with Gasteiger partial charge in [-0.15, -0.1) is 0 Å². The summed E-state index contributed by atoms with van der Waals surface area (Å²) < 4.78 is 25.2. The molecule has 18 heavy (non-hydrogen) atoms. The van der Waals surface area contributed by atoms with Crippen LogP contribution in [0.5, 0.6) is 0 Å². The van der Waals surface area contributed by atoms with Gasteiger partial charge in [0, 0.05) is 12.7 Å². The third kappa shape index (κ3) is 3.49. The average Bonchev–Trinajstić information content (AvgIpc) is 2.36. The third-order valence-electron chi connectivity index (χ3n) is 1.91. The Kier molecular flexibility index (Phi) is 4.33. The molecule has 0 saturated carbocycles. The Morgan fingerprint density at radius 3 is 2.67 bits per heavy atom. The summed E-state index contributed by atoms with van der Waals surface area (Å²) >= 11 is 0. The van der Waals surface area contributed by atoms with Crippen LogP contribution in [0.3, 0.4) is 0 Å². The Bertz CT molecular complexity index is 575. The SMILES string of the molecule is N#Cc1ccc(S(=O)(=O)NC[C@H](O)C(=O)O)cn1. The largest absolute Gasteiger partial charge is 0.479 e. The van der Waals surface area contributed by atoms with Crippen molar-refractivity contribution in [1.29, 1.82) is 5.26 Å². The van der Waals surface area contributed by atoms with Gasteiger partial charge in [0.1, 0.15) is 16.7 Å². The highest BCUT2D eigenvalue weighted by Crippen LogP contribution is 2.07. The fraction of sp³-hybridized carbons (Fsp3) is 0.222. The van der Waals surface area contributed by atoms with Gasteiger partial charge < -0.3 is 10.2 Å². The summed E-state index contributed by atoms with van der Waals surface area (Å²) in [5, 5.41) is 25.8. The molecule has 0 aliphatic rings. The number of aliphatic hydroxyl groups is 1. The molecule has 0 radical (unpaired) electrons. The second-order valence-electron chi connectivity index (χ2n) is 3.20. The normalized spacial score (nSPS) is 12.7. The molecule has 1 aromatic heterocycles. The number of aliphatic hydroxyl groups excluding tert-OH is 1. The summed E-state index contributed by atoms with van der Waals surface area (Å²) in [5.41, 5.74) is 0.0551. The number of carboxylic acid groups (broad SMARTS) is 1. The Balaban J connectivity index is 2.80. The maximum atomic E-state index is 11.6. The van der Waals surface area contributed by atoms with Gasteiger partial charge in [0.2, 0.25) is 10.0 Å². The molecule has 1 rings (SSSR count). The van der Waals surface area contributed by atoms with Crippen molar-refractivity contribution in [3.8, 4) is 6.07 Å². The summed E-state index contributed by atoms with van der Waals surface area (Å²) in [6.07, 6.45) is -0.861. The summed E-state index contributed by atoms with van der Waals surface area (Å²) in [6, 6.07) is 4.09. The van der Waals surface area contributed by atoms with E-state index in [0.717, 1.165) is 12.3 Å². The van der Waals surface area contributed by atoms with Gasteiger partial charge in [0.15, 0.2) is 6.10 Å². The number of nitriles is 1. The summed E-state index contributed by atoms with van der Waals surface area (Å²) in [7, 11) is -3.96. The van der Waals surface area contributed by atoms with E-state index >= 15 is 0 Å². The summed E-state index contributed by atoms with van der Waals surface area (Å²) in [4.78, 5) is 13.6. The van der Waals surface area contributed by atoms with Crippen LogP contribution in [0.25, 0.3) is 0 Å². The summed E-state index contributed by atoms with van der Waals surface area (Å²) in [5.74, 6) is -1.53. The Morgan fingerprint density at radius 1 is 1.56 bits per heavy atom. The fourth-order valence-electron chi connectivity index (χ4n) is 0.965. The average molecular weight is 271 g/mol. The van der Waals surface area contributed by atoms with E-state index < -0.39 is 28.6 Å². The van der Waals surface area contributed by atoms with Crippen molar-refractivity contribution in [1.82, 2.24) is 9.71 Å². The molecule has 0 aliphatic carbocycles. The van der Waals surface area contributed by atoms with Crippen molar-refractivity contribution in [3.63, 3.8) is 0 Å². The van der Waals surface area contributed by atoms with Crippen LogP contribution < -0.4 is 4.72 Å². The molecule has 96 valence electrons. The zero-order chi connectivity index (χ0) is 13.8. The van der Waals surface area contributed by atoms with E-state index in [-0.39, 0.29) is 10.6 Å². The molecule has 8 nitrogen and oxygen atoms in total. The minimum Gasteiger partial charge on any atom is -0.479 e. The van der Waals surface area contributed by atoms with Crippen molar-refractivity contribution in [2.75, 3.05) is 6.54 Å². The highest BCUT2D eigenvalue weighted by Gasteiger charge is 2.19.